The van der Waals surface area contributed by atoms with Gasteiger partial charge in [-0.15, -0.1) is 0 Å². The fraction of sp³-hybridized carbons (Fsp3) is 0.316. The summed E-state index contributed by atoms with van der Waals surface area (Å²) in [6, 6.07) is 6.03. The molecule has 0 unspecified atom stereocenters. The monoisotopic (exact) mass is 320 g/mol. The van der Waals surface area contributed by atoms with Crippen molar-refractivity contribution in [2.75, 3.05) is 6.54 Å². The summed E-state index contributed by atoms with van der Waals surface area (Å²) in [6.07, 6.45) is 6.45. The molecular weight excluding hydrogens is 300 g/mol. The minimum atomic E-state index is 0.757. The molecule has 5 nitrogen and oxygen atoms in total. The molecule has 1 aliphatic rings. The SMILES string of the molecule is Cc1cc(CN2CCc3nc(-c4cccnc4)ncc3C2)oc1C. The van der Waals surface area contributed by atoms with E-state index < -0.39 is 0 Å². The first-order valence-corrected chi connectivity index (χ1v) is 8.22. The molecule has 0 fully saturated rings. The van der Waals surface area contributed by atoms with Crippen molar-refractivity contribution in [1.82, 2.24) is 19.9 Å². The number of hydrogen-bond donors (Lipinski definition) is 0. The van der Waals surface area contributed by atoms with Crippen molar-refractivity contribution < 1.29 is 4.42 Å². The molecule has 0 radical (unpaired) electrons. The van der Waals surface area contributed by atoms with Crippen molar-refractivity contribution in [1.29, 1.82) is 0 Å². The molecule has 0 atom stereocenters. The van der Waals surface area contributed by atoms with E-state index in [1.807, 2.05) is 25.3 Å². The fourth-order valence-electron chi connectivity index (χ4n) is 3.09. The van der Waals surface area contributed by atoms with Crippen molar-refractivity contribution in [2.45, 2.75) is 33.4 Å². The van der Waals surface area contributed by atoms with Crippen LogP contribution in [0.3, 0.4) is 0 Å². The lowest BCUT2D eigenvalue weighted by Gasteiger charge is -2.27. The van der Waals surface area contributed by atoms with E-state index in [1.165, 1.54) is 11.1 Å². The summed E-state index contributed by atoms with van der Waals surface area (Å²) in [5.74, 6) is 2.79. The van der Waals surface area contributed by atoms with Crippen LogP contribution in [0.1, 0.15) is 28.3 Å². The van der Waals surface area contributed by atoms with Gasteiger partial charge in [0.1, 0.15) is 11.5 Å². The highest BCUT2D eigenvalue weighted by molar-refractivity contribution is 5.53. The first-order chi connectivity index (χ1) is 11.7. The first kappa shape index (κ1) is 15.0. The van der Waals surface area contributed by atoms with Crippen LogP contribution in [0.25, 0.3) is 11.4 Å². The normalized spacial score (nSPS) is 14.6. The lowest BCUT2D eigenvalue weighted by molar-refractivity contribution is 0.222. The molecule has 4 rings (SSSR count). The lowest BCUT2D eigenvalue weighted by atomic mass is 10.1. The van der Waals surface area contributed by atoms with Crippen molar-refractivity contribution in [3.05, 3.63) is 65.1 Å². The minimum absolute atomic E-state index is 0.757. The highest BCUT2D eigenvalue weighted by Gasteiger charge is 2.20. The molecule has 0 bridgehead atoms. The zero-order chi connectivity index (χ0) is 16.5. The summed E-state index contributed by atoms with van der Waals surface area (Å²) in [5.41, 5.74) is 4.52. The Balaban J connectivity index is 1.51. The molecule has 0 N–H and O–H groups in total. The molecule has 0 saturated carbocycles. The Kier molecular flexibility index (Phi) is 3.86. The number of pyridine rings is 1. The van der Waals surface area contributed by atoms with Crippen molar-refractivity contribution in [3.8, 4) is 11.4 Å². The van der Waals surface area contributed by atoms with E-state index in [9.17, 15) is 0 Å². The largest absolute Gasteiger partial charge is 0.465 e. The van der Waals surface area contributed by atoms with Crippen LogP contribution in [0, 0.1) is 13.8 Å². The summed E-state index contributed by atoms with van der Waals surface area (Å²) >= 11 is 0. The highest BCUT2D eigenvalue weighted by atomic mass is 16.3. The van der Waals surface area contributed by atoms with E-state index in [1.54, 1.807) is 12.4 Å². The number of furan rings is 1. The second-order valence-electron chi connectivity index (χ2n) is 6.32. The van der Waals surface area contributed by atoms with Gasteiger partial charge in [0, 0.05) is 49.2 Å². The average molecular weight is 320 g/mol. The van der Waals surface area contributed by atoms with Gasteiger partial charge in [-0.05, 0) is 37.6 Å². The van der Waals surface area contributed by atoms with Crippen LogP contribution < -0.4 is 0 Å². The number of nitrogens with zero attached hydrogens (tertiary/aromatic N) is 4. The topological polar surface area (TPSA) is 55.1 Å². The standard InChI is InChI=1S/C19H20N4O/c1-13-8-17(24-14(13)2)12-23-7-5-18-16(11-23)10-21-19(22-18)15-4-3-6-20-9-15/h3-4,6,8-10H,5,7,11-12H2,1-2H3. The average Bonchev–Trinajstić information content (AvgIpc) is 2.92. The zero-order valence-electron chi connectivity index (χ0n) is 14.0. The third kappa shape index (κ3) is 2.95. The van der Waals surface area contributed by atoms with Gasteiger partial charge < -0.3 is 4.42 Å². The number of fused-ring (bicyclic) bond motifs is 1. The van der Waals surface area contributed by atoms with Gasteiger partial charge in [0.15, 0.2) is 5.82 Å². The third-order valence-corrected chi connectivity index (χ3v) is 4.53. The Morgan fingerprint density at radius 2 is 2.17 bits per heavy atom. The Labute approximate surface area is 141 Å². The van der Waals surface area contributed by atoms with E-state index in [4.69, 9.17) is 9.40 Å². The highest BCUT2D eigenvalue weighted by Crippen LogP contribution is 2.23. The maximum atomic E-state index is 5.80. The molecule has 1 aliphatic heterocycles. The van der Waals surface area contributed by atoms with Crippen molar-refractivity contribution in [3.63, 3.8) is 0 Å². The van der Waals surface area contributed by atoms with E-state index in [0.29, 0.717) is 0 Å². The van der Waals surface area contributed by atoms with Gasteiger partial charge in [-0.25, -0.2) is 9.97 Å². The van der Waals surface area contributed by atoms with Gasteiger partial charge in [0.25, 0.3) is 0 Å². The van der Waals surface area contributed by atoms with E-state index in [0.717, 1.165) is 54.7 Å². The van der Waals surface area contributed by atoms with E-state index in [-0.39, 0.29) is 0 Å². The molecule has 5 heteroatoms. The van der Waals surface area contributed by atoms with Gasteiger partial charge in [0.2, 0.25) is 0 Å². The lowest BCUT2D eigenvalue weighted by Crippen LogP contribution is -2.30. The molecule has 0 amide bonds. The number of hydrogen-bond acceptors (Lipinski definition) is 5. The first-order valence-electron chi connectivity index (χ1n) is 8.22. The summed E-state index contributed by atoms with van der Waals surface area (Å²) in [4.78, 5) is 15.8. The van der Waals surface area contributed by atoms with Gasteiger partial charge in [0.05, 0.1) is 12.2 Å². The molecule has 24 heavy (non-hydrogen) atoms. The molecule has 0 aromatic carbocycles. The number of rotatable bonds is 3. The summed E-state index contributed by atoms with van der Waals surface area (Å²) in [6.45, 7) is 6.77. The zero-order valence-corrected chi connectivity index (χ0v) is 14.0. The van der Waals surface area contributed by atoms with E-state index in [2.05, 4.69) is 27.9 Å². The third-order valence-electron chi connectivity index (χ3n) is 4.53. The Morgan fingerprint density at radius 3 is 2.92 bits per heavy atom. The van der Waals surface area contributed by atoms with Crippen LogP contribution in [0.5, 0.6) is 0 Å². The second kappa shape index (κ2) is 6.17. The van der Waals surface area contributed by atoms with Crippen molar-refractivity contribution >= 4 is 0 Å². The Morgan fingerprint density at radius 1 is 1.25 bits per heavy atom. The molecule has 3 aromatic heterocycles. The summed E-state index contributed by atoms with van der Waals surface area (Å²) < 4.78 is 5.80. The molecular formula is C19H20N4O. The molecule has 4 heterocycles. The van der Waals surface area contributed by atoms with E-state index >= 15 is 0 Å². The predicted molar refractivity (Wildman–Crippen MR) is 91.3 cm³/mol. The molecule has 0 aliphatic carbocycles. The Bertz CT molecular complexity index is 838. The van der Waals surface area contributed by atoms with Gasteiger partial charge >= 0.3 is 0 Å². The predicted octanol–water partition coefficient (Wildman–Crippen LogP) is 3.31. The quantitative estimate of drug-likeness (QED) is 0.741. The maximum Gasteiger partial charge on any atom is 0.160 e. The van der Waals surface area contributed by atoms with Gasteiger partial charge in [-0.2, -0.15) is 0 Å². The molecule has 3 aromatic rings. The fourth-order valence-corrected chi connectivity index (χ4v) is 3.09. The minimum Gasteiger partial charge on any atom is -0.465 e. The number of aromatic nitrogens is 3. The maximum absolute atomic E-state index is 5.80. The molecule has 122 valence electrons. The van der Waals surface area contributed by atoms with Crippen LogP contribution in [0.15, 0.2) is 41.2 Å². The van der Waals surface area contributed by atoms with Gasteiger partial charge in [-0.3, -0.25) is 9.88 Å². The number of aryl methyl sites for hydroxylation is 2. The molecule has 0 saturated heterocycles. The van der Waals surface area contributed by atoms with Crippen molar-refractivity contribution in [2.24, 2.45) is 0 Å². The molecule has 0 spiro atoms. The summed E-state index contributed by atoms with van der Waals surface area (Å²) in [5, 5.41) is 0. The Hall–Kier alpha value is -2.53. The van der Waals surface area contributed by atoms with Crippen LogP contribution in [0.2, 0.25) is 0 Å². The van der Waals surface area contributed by atoms with Crippen LogP contribution in [0.4, 0.5) is 0 Å². The van der Waals surface area contributed by atoms with Crippen LogP contribution in [-0.4, -0.2) is 26.4 Å². The summed E-state index contributed by atoms with van der Waals surface area (Å²) in [7, 11) is 0. The van der Waals surface area contributed by atoms with Crippen LogP contribution >= 0.6 is 0 Å². The van der Waals surface area contributed by atoms with Crippen LogP contribution in [-0.2, 0) is 19.5 Å². The smallest absolute Gasteiger partial charge is 0.160 e. The second-order valence-corrected chi connectivity index (χ2v) is 6.32. The van der Waals surface area contributed by atoms with Gasteiger partial charge in [-0.1, -0.05) is 0 Å².